The van der Waals surface area contributed by atoms with Crippen LogP contribution in [0.2, 0.25) is 0 Å². The molecule has 2 aromatic rings. The molecule has 9 heteroatoms. The Kier molecular flexibility index (Phi) is 7.05. The fourth-order valence-corrected chi connectivity index (χ4v) is 3.32. The van der Waals surface area contributed by atoms with Crippen molar-refractivity contribution in [1.82, 2.24) is 10.6 Å². The molecule has 1 aliphatic heterocycles. The quantitative estimate of drug-likeness (QED) is 0.475. The molecule has 1 amide bonds. The molecule has 0 spiro atoms. The number of amides is 1. The maximum absolute atomic E-state index is 12.7. The molecule has 3 rings (SSSR count). The normalized spacial score (nSPS) is 16.0. The van der Waals surface area contributed by atoms with Crippen molar-refractivity contribution in [3.8, 4) is 11.5 Å². The van der Waals surface area contributed by atoms with Gasteiger partial charge in [-0.3, -0.25) is 9.79 Å². The van der Waals surface area contributed by atoms with E-state index in [2.05, 4.69) is 25.7 Å². The molecule has 2 aromatic carbocycles. The van der Waals surface area contributed by atoms with E-state index in [0.717, 1.165) is 11.3 Å². The molecule has 1 heterocycles. The van der Waals surface area contributed by atoms with Crippen molar-refractivity contribution in [3.05, 3.63) is 53.6 Å². The largest absolute Gasteiger partial charge is 0.497 e. The Bertz CT molecular complexity index is 921. The number of guanidine groups is 1. The molecule has 0 aliphatic carbocycles. The lowest BCUT2D eigenvalue weighted by Crippen LogP contribution is -2.40. The lowest BCUT2D eigenvalue weighted by atomic mass is 9.90. The van der Waals surface area contributed by atoms with Crippen LogP contribution in [0.15, 0.2) is 47.5 Å². The number of carbonyl (C=O) groups excluding carboxylic acids is 1. The molecule has 0 radical (unpaired) electrons. The second-order valence-corrected chi connectivity index (χ2v) is 6.70. The van der Waals surface area contributed by atoms with Crippen LogP contribution in [0, 0.1) is 0 Å². The van der Waals surface area contributed by atoms with Gasteiger partial charge in [-0.25, -0.2) is 0 Å². The molecular weight excluding hydrogens is 394 g/mol. The van der Waals surface area contributed by atoms with Gasteiger partial charge in [-0.1, -0.05) is 18.2 Å². The molecule has 0 fully saturated rings. The lowest BCUT2D eigenvalue weighted by molar-refractivity contribution is -0.116. The van der Waals surface area contributed by atoms with E-state index in [9.17, 15) is 13.6 Å². The number of fused-ring (bicyclic) bond motifs is 1. The lowest BCUT2D eigenvalue weighted by Gasteiger charge is -2.26. The summed E-state index contributed by atoms with van der Waals surface area (Å²) in [5.41, 5.74) is 2.40. The highest BCUT2D eigenvalue weighted by atomic mass is 19.3. The zero-order chi connectivity index (χ0) is 21.5. The number of anilines is 1. The van der Waals surface area contributed by atoms with Crippen molar-refractivity contribution in [1.29, 1.82) is 0 Å². The summed E-state index contributed by atoms with van der Waals surface area (Å²) in [6, 6.07) is 12.4. The molecule has 160 valence electrons. The average molecular weight is 418 g/mol. The first-order valence-electron chi connectivity index (χ1n) is 9.45. The number of benzene rings is 2. The summed E-state index contributed by atoms with van der Waals surface area (Å²) in [7, 11) is 3.07. The van der Waals surface area contributed by atoms with Gasteiger partial charge in [0.2, 0.25) is 5.91 Å². The van der Waals surface area contributed by atoms with E-state index >= 15 is 0 Å². The van der Waals surface area contributed by atoms with Gasteiger partial charge in [0.1, 0.15) is 11.5 Å². The van der Waals surface area contributed by atoms with E-state index in [4.69, 9.17) is 4.74 Å². The van der Waals surface area contributed by atoms with Crippen molar-refractivity contribution >= 4 is 17.6 Å². The minimum absolute atomic E-state index is 0.00721. The zero-order valence-corrected chi connectivity index (χ0v) is 16.7. The number of hydrogen-bond acceptors (Lipinski definition) is 4. The van der Waals surface area contributed by atoms with Gasteiger partial charge in [0.15, 0.2) is 5.96 Å². The number of ether oxygens (including phenoxy) is 2. The van der Waals surface area contributed by atoms with Gasteiger partial charge in [-0.15, -0.1) is 0 Å². The van der Waals surface area contributed by atoms with Crippen molar-refractivity contribution in [2.24, 2.45) is 4.99 Å². The number of nitrogens with one attached hydrogen (secondary N) is 3. The molecular formula is C21H24F2N4O3. The molecule has 30 heavy (non-hydrogen) atoms. The summed E-state index contributed by atoms with van der Waals surface area (Å²) in [6.45, 7) is -2.23. The van der Waals surface area contributed by atoms with Crippen LogP contribution in [0.1, 0.15) is 23.5 Å². The highest BCUT2D eigenvalue weighted by Crippen LogP contribution is 2.31. The summed E-state index contributed by atoms with van der Waals surface area (Å²) in [5.74, 6) is 0.899. The fraction of sp³-hybridized carbons (Fsp3) is 0.333. The third-order valence-corrected chi connectivity index (χ3v) is 4.78. The maximum Gasteiger partial charge on any atom is 0.387 e. The topological polar surface area (TPSA) is 84.0 Å². The van der Waals surface area contributed by atoms with E-state index in [-0.39, 0.29) is 24.1 Å². The molecule has 7 nitrogen and oxygen atoms in total. The Hall–Kier alpha value is -3.36. The van der Waals surface area contributed by atoms with Crippen molar-refractivity contribution in [3.63, 3.8) is 0 Å². The SMILES string of the molecule is CN=C(NCc1ccc(OC)cc1OC(F)F)NCC1CC(=O)Nc2ccccc21. The Morgan fingerprint density at radius 2 is 2.07 bits per heavy atom. The van der Waals surface area contributed by atoms with E-state index in [1.54, 1.807) is 19.2 Å². The predicted octanol–water partition coefficient (Wildman–Crippen LogP) is 3.09. The van der Waals surface area contributed by atoms with Gasteiger partial charge in [0.05, 0.1) is 7.11 Å². The number of carbonyl (C=O) groups is 1. The summed E-state index contributed by atoms with van der Waals surface area (Å²) in [5, 5.41) is 9.15. The average Bonchev–Trinajstić information content (AvgIpc) is 2.73. The van der Waals surface area contributed by atoms with Gasteiger partial charge in [-0.05, 0) is 23.8 Å². The first kappa shape index (κ1) is 21.4. The highest BCUT2D eigenvalue weighted by Gasteiger charge is 2.24. The summed E-state index contributed by atoms with van der Waals surface area (Å²) in [6.07, 6.45) is 0.367. The van der Waals surface area contributed by atoms with Crippen LogP contribution in [-0.2, 0) is 11.3 Å². The monoisotopic (exact) mass is 418 g/mol. The molecule has 0 bridgehead atoms. The summed E-state index contributed by atoms with van der Waals surface area (Å²) < 4.78 is 35.1. The standard InChI is InChI=1S/C21H24F2N4O3/c1-24-21(25-11-13-7-8-15(29-2)10-18(13)30-20(22)23)26-12-14-9-19(28)27-17-6-4-3-5-16(14)17/h3-8,10,14,20H,9,11-12H2,1-2H3,(H,27,28)(H2,24,25,26). The van der Waals surface area contributed by atoms with Gasteiger partial charge in [0, 0.05) is 49.8 Å². The van der Waals surface area contributed by atoms with E-state index < -0.39 is 6.61 Å². The highest BCUT2D eigenvalue weighted by molar-refractivity contribution is 5.94. The van der Waals surface area contributed by atoms with E-state index in [1.165, 1.54) is 13.2 Å². The molecule has 0 aromatic heterocycles. The number of rotatable bonds is 7. The molecule has 0 saturated heterocycles. The van der Waals surface area contributed by atoms with Crippen LogP contribution in [0.3, 0.4) is 0 Å². The smallest absolute Gasteiger partial charge is 0.387 e. The first-order chi connectivity index (χ1) is 14.5. The number of aliphatic imine (C=N–C) groups is 1. The van der Waals surface area contributed by atoms with Crippen LogP contribution in [0.5, 0.6) is 11.5 Å². The van der Waals surface area contributed by atoms with Crippen LogP contribution in [0.4, 0.5) is 14.5 Å². The Morgan fingerprint density at radius 3 is 2.80 bits per heavy atom. The molecule has 1 unspecified atom stereocenters. The third kappa shape index (κ3) is 5.37. The number of alkyl halides is 2. The Labute approximate surface area is 173 Å². The van der Waals surface area contributed by atoms with Crippen LogP contribution in [0.25, 0.3) is 0 Å². The number of para-hydroxylation sites is 1. The Morgan fingerprint density at radius 1 is 1.27 bits per heavy atom. The van der Waals surface area contributed by atoms with Crippen LogP contribution in [-0.4, -0.2) is 39.2 Å². The Balaban J connectivity index is 1.63. The van der Waals surface area contributed by atoms with E-state index in [1.807, 2.05) is 24.3 Å². The zero-order valence-electron chi connectivity index (χ0n) is 16.7. The van der Waals surface area contributed by atoms with Gasteiger partial charge in [-0.2, -0.15) is 8.78 Å². The minimum atomic E-state index is -2.94. The fourth-order valence-electron chi connectivity index (χ4n) is 3.32. The second kappa shape index (κ2) is 9.91. The van der Waals surface area contributed by atoms with Crippen molar-refractivity contribution in [2.75, 3.05) is 26.0 Å². The number of nitrogens with zero attached hydrogens (tertiary/aromatic N) is 1. The minimum Gasteiger partial charge on any atom is -0.497 e. The summed E-state index contributed by atoms with van der Waals surface area (Å²) >= 11 is 0. The molecule has 1 atom stereocenters. The predicted molar refractivity (Wildman–Crippen MR) is 110 cm³/mol. The molecule has 0 saturated carbocycles. The second-order valence-electron chi connectivity index (χ2n) is 6.70. The maximum atomic E-state index is 12.7. The third-order valence-electron chi connectivity index (χ3n) is 4.78. The number of methoxy groups -OCH3 is 1. The van der Waals surface area contributed by atoms with Gasteiger partial charge in [0.25, 0.3) is 0 Å². The van der Waals surface area contributed by atoms with Crippen LogP contribution >= 0.6 is 0 Å². The van der Waals surface area contributed by atoms with Gasteiger partial charge >= 0.3 is 6.61 Å². The van der Waals surface area contributed by atoms with Crippen molar-refractivity contribution < 1.29 is 23.0 Å². The van der Waals surface area contributed by atoms with Crippen molar-refractivity contribution in [2.45, 2.75) is 25.5 Å². The molecule has 1 aliphatic rings. The first-order valence-corrected chi connectivity index (χ1v) is 9.45. The van der Waals surface area contributed by atoms with Gasteiger partial charge < -0.3 is 25.4 Å². The number of hydrogen-bond donors (Lipinski definition) is 3. The molecule has 3 N–H and O–H groups in total. The summed E-state index contributed by atoms with van der Waals surface area (Å²) in [4.78, 5) is 16.1. The number of halogens is 2. The van der Waals surface area contributed by atoms with E-state index in [0.29, 0.717) is 30.2 Å². The van der Waals surface area contributed by atoms with Crippen LogP contribution < -0.4 is 25.4 Å².